The number of benzene rings is 1. The van der Waals surface area contributed by atoms with Crippen molar-refractivity contribution in [2.45, 2.75) is 6.42 Å². The zero-order chi connectivity index (χ0) is 10.6. The standard InChI is InChI=1S/C10H14FNO2/c1-12-6-5-7-3-4-8(11)9(13)10(7)14-2/h3-4,12-13H,5-6H2,1-2H3. The molecular formula is C10H14FNO2. The molecule has 0 bridgehead atoms. The van der Waals surface area contributed by atoms with E-state index in [2.05, 4.69) is 5.32 Å². The molecule has 78 valence electrons. The highest BCUT2D eigenvalue weighted by molar-refractivity contribution is 5.46. The van der Waals surface area contributed by atoms with E-state index in [-0.39, 0.29) is 5.75 Å². The first-order valence-electron chi connectivity index (χ1n) is 4.39. The van der Waals surface area contributed by atoms with Crippen LogP contribution in [0.15, 0.2) is 12.1 Å². The Morgan fingerprint density at radius 1 is 1.50 bits per heavy atom. The fourth-order valence-electron chi connectivity index (χ4n) is 1.27. The van der Waals surface area contributed by atoms with E-state index < -0.39 is 11.6 Å². The van der Waals surface area contributed by atoms with Crippen LogP contribution in [0.25, 0.3) is 0 Å². The van der Waals surface area contributed by atoms with Crippen molar-refractivity contribution >= 4 is 0 Å². The van der Waals surface area contributed by atoms with Gasteiger partial charge in [0, 0.05) is 0 Å². The fourth-order valence-corrected chi connectivity index (χ4v) is 1.27. The highest BCUT2D eigenvalue weighted by atomic mass is 19.1. The summed E-state index contributed by atoms with van der Waals surface area (Å²) in [7, 11) is 3.24. The molecule has 0 radical (unpaired) electrons. The summed E-state index contributed by atoms with van der Waals surface area (Å²) in [5.41, 5.74) is 0.792. The summed E-state index contributed by atoms with van der Waals surface area (Å²) in [4.78, 5) is 0. The molecule has 0 aliphatic rings. The number of methoxy groups -OCH3 is 1. The predicted molar refractivity (Wildman–Crippen MR) is 52.2 cm³/mol. The molecule has 0 spiro atoms. The third-order valence-corrected chi connectivity index (χ3v) is 2.01. The van der Waals surface area contributed by atoms with Gasteiger partial charge < -0.3 is 15.2 Å². The highest BCUT2D eigenvalue weighted by Crippen LogP contribution is 2.32. The number of aromatic hydroxyl groups is 1. The van der Waals surface area contributed by atoms with Gasteiger partial charge in [-0.05, 0) is 31.6 Å². The number of phenolic OH excluding ortho intramolecular Hbond substituents is 1. The van der Waals surface area contributed by atoms with Gasteiger partial charge in [-0.1, -0.05) is 6.07 Å². The highest BCUT2D eigenvalue weighted by Gasteiger charge is 2.12. The monoisotopic (exact) mass is 199 g/mol. The Morgan fingerprint density at radius 3 is 2.79 bits per heavy atom. The van der Waals surface area contributed by atoms with Crippen molar-refractivity contribution in [2.75, 3.05) is 20.7 Å². The van der Waals surface area contributed by atoms with Crippen LogP contribution in [-0.4, -0.2) is 25.8 Å². The van der Waals surface area contributed by atoms with Gasteiger partial charge in [0.25, 0.3) is 0 Å². The molecule has 4 heteroatoms. The van der Waals surface area contributed by atoms with Crippen LogP contribution in [-0.2, 0) is 6.42 Å². The minimum absolute atomic E-state index is 0.222. The lowest BCUT2D eigenvalue weighted by molar-refractivity contribution is 0.353. The Labute approximate surface area is 82.5 Å². The van der Waals surface area contributed by atoms with Crippen molar-refractivity contribution in [3.63, 3.8) is 0 Å². The molecular weight excluding hydrogens is 185 g/mol. The first kappa shape index (κ1) is 10.8. The summed E-state index contributed by atoms with van der Waals surface area (Å²) in [6.07, 6.45) is 0.688. The summed E-state index contributed by atoms with van der Waals surface area (Å²) in [6.45, 7) is 0.751. The maximum atomic E-state index is 12.9. The number of rotatable bonds is 4. The summed E-state index contributed by atoms with van der Waals surface area (Å²) in [5, 5.41) is 12.3. The van der Waals surface area contributed by atoms with Crippen LogP contribution in [0.3, 0.4) is 0 Å². The SMILES string of the molecule is CNCCc1ccc(F)c(O)c1OC. The summed E-state index contributed by atoms with van der Waals surface area (Å²) in [6, 6.07) is 2.86. The molecule has 3 nitrogen and oxygen atoms in total. The average Bonchev–Trinajstić information content (AvgIpc) is 2.20. The molecule has 0 aliphatic carbocycles. The van der Waals surface area contributed by atoms with Gasteiger partial charge in [0.15, 0.2) is 17.3 Å². The molecule has 0 aliphatic heterocycles. The minimum Gasteiger partial charge on any atom is -0.502 e. The van der Waals surface area contributed by atoms with E-state index in [1.54, 1.807) is 6.07 Å². The number of halogens is 1. The van der Waals surface area contributed by atoms with Crippen LogP contribution in [0, 0.1) is 5.82 Å². The molecule has 0 atom stereocenters. The second-order valence-corrected chi connectivity index (χ2v) is 2.94. The maximum Gasteiger partial charge on any atom is 0.194 e. The molecule has 0 fully saturated rings. The van der Waals surface area contributed by atoms with E-state index in [9.17, 15) is 9.50 Å². The van der Waals surface area contributed by atoms with Crippen LogP contribution in [0.5, 0.6) is 11.5 Å². The van der Waals surface area contributed by atoms with E-state index in [1.165, 1.54) is 13.2 Å². The molecule has 14 heavy (non-hydrogen) atoms. The number of phenols is 1. The quantitative estimate of drug-likeness (QED) is 0.768. The molecule has 1 aromatic rings. The molecule has 0 saturated carbocycles. The van der Waals surface area contributed by atoms with Gasteiger partial charge >= 0.3 is 0 Å². The van der Waals surface area contributed by atoms with E-state index in [1.807, 2.05) is 7.05 Å². The zero-order valence-electron chi connectivity index (χ0n) is 8.30. The number of hydrogen-bond donors (Lipinski definition) is 2. The fraction of sp³-hybridized carbons (Fsp3) is 0.400. The van der Waals surface area contributed by atoms with E-state index in [0.717, 1.165) is 12.1 Å². The predicted octanol–water partition coefficient (Wildman–Crippen LogP) is 1.30. The first-order valence-corrected chi connectivity index (χ1v) is 4.39. The summed E-state index contributed by atoms with van der Waals surface area (Å²) < 4.78 is 17.9. The minimum atomic E-state index is -0.657. The van der Waals surface area contributed by atoms with Gasteiger partial charge in [-0.3, -0.25) is 0 Å². The Hall–Kier alpha value is -1.29. The van der Waals surface area contributed by atoms with Crippen molar-refractivity contribution in [1.82, 2.24) is 5.32 Å². The third kappa shape index (κ3) is 2.14. The Bertz CT molecular complexity index is 315. The molecule has 0 aromatic heterocycles. The zero-order valence-corrected chi connectivity index (χ0v) is 8.30. The van der Waals surface area contributed by atoms with Crippen LogP contribution < -0.4 is 10.1 Å². The van der Waals surface area contributed by atoms with Crippen LogP contribution in [0.1, 0.15) is 5.56 Å². The second kappa shape index (κ2) is 4.81. The number of hydrogen-bond acceptors (Lipinski definition) is 3. The molecule has 2 N–H and O–H groups in total. The van der Waals surface area contributed by atoms with Gasteiger partial charge in [-0.2, -0.15) is 0 Å². The topological polar surface area (TPSA) is 41.5 Å². The molecule has 0 amide bonds. The molecule has 0 saturated heterocycles. The molecule has 1 aromatic carbocycles. The lowest BCUT2D eigenvalue weighted by Crippen LogP contribution is -2.11. The summed E-state index contributed by atoms with van der Waals surface area (Å²) >= 11 is 0. The van der Waals surface area contributed by atoms with Crippen molar-refractivity contribution in [3.05, 3.63) is 23.5 Å². The van der Waals surface area contributed by atoms with Crippen molar-refractivity contribution in [2.24, 2.45) is 0 Å². The number of ether oxygens (including phenoxy) is 1. The van der Waals surface area contributed by atoms with E-state index in [0.29, 0.717) is 6.42 Å². The second-order valence-electron chi connectivity index (χ2n) is 2.94. The van der Waals surface area contributed by atoms with Gasteiger partial charge in [0.1, 0.15) is 0 Å². The number of nitrogens with one attached hydrogen (secondary N) is 1. The van der Waals surface area contributed by atoms with E-state index >= 15 is 0 Å². The summed E-state index contributed by atoms with van der Waals surface area (Å²) in [5.74, 6) is -0.851. The third-order valence-electron chi connectivity index (χ3n) is 2.01. The van der Waals surface area contributed by atoms with Crippen molar-refractivity contribution in [3.8, 4) is 11.5 Å². The van der Waals surface area contributed by atoms with Crippen molar-refractivity contribution in [1.29, 1.82) is 0 Å². The first-order chi connectivity index (χ1) is 6.70. The lowest BCUT2D eigenvalue weighted by Gasteiger charge is -2.10. The van der Waals surface area contributed by atoms with Gasteiger partial charge in [-0.25, -0.2) is 4.39 Å². The molecule has 0 heterocycles. The van der Waals surface area contributed by atoms with Crippen LogP contribution in [0.4, 0.5) is 4.39 Å². The largest absolute Gasteiger partial charge is 0.502 e. The van der Waals surface area contributed by atoms with E-state index in [4.69, 9.17) is 4.74 Å². The Balaban J connectivity index is 2.98. The average molecular weight is 199 g/mol. The van der Waals surface area contributed by atoms with Gasteiger partial charge in [-0.15, -0.1) is 0 Å². The molecule has 0 unspecified atom stereocenters. The maximum absolute atomic E-state index is 12.9. The Morgan fingerprint density at radius 2 is 2.21 bits per heavy atom. The van der Waals surface area contributed by atoms with Gasteiger partial charge in [0.05, 0.1) is 7.11 Å². The van der Waals surface area contributed by atoms with Crippen molar-refractivity contribution < 1.29 is 14.2 Å². The normalized spacial score (nSPS) is 10.2. The number of likely N-dealkylation sites (N-methyl/N-ethyl adjacent to an activating group) is 1. The Kier molecular flexibility index (Phi) is 3.71. The van der Waals surface area contributed by atoms with Crippen LogP contribution >= 0.6 is 0 Å². The van der Waals surface area contributed by atoms with Gasteiger partial charge in [0.2, 0.25) is 0 Å². The molecule has 1 rings (SSSR count). The lowest BCUT2D eigenvalue weighted by atomic mass is 10.1. The smallest absolute Gasteiger partial charge is 0.194 e. The van der Waals surface area contributed by atoms with Crippen LogP contribution in [0.2, 0.25) is 0 Å².